The maximum Gasteiger partial charge on any atom is 0.213 e. The van der Waals surface area contributed by atoms with Crippen LogP contribution in [0.5, 0.6) is 5.88 Å². The summed E-state index contributed by atoms with van der Waals surface area (Å²) in [5.41, 5.74) is 1.85. The van der Waals surface area contributed by atoms with E-state index >= 15 is 0 Å². The first-order valence-electron chi connectivity index (χ1n) is 6.24. The molecule has 0 aliphatic rings. The molecule has 2 rings (SSSR count). The highest BCUT2D eigenvalue weighted by molar-refractivity contribution is 5.93. The number of carbonyl (C=O) groups excluding carboxylic acids is 1. The lowest BCUT2D eigenvalue weighted by Crippen LogP contribution is -2.02. The van der Waals surface area contributed by atoms with Gasteiger partial charge in [-0.15, -0.1) is 0 Å². The van der Waals surface area contributed by atoms with E-state index in [1.165, 1.54) is 12.5 Å². The van der Waals surface area contributed by atoms with Gasteiger partial charge in [-0.05, 0) is 43.5 Å². The smallest absolute Gasteiger partial charge is 0.213 e. The zero-order valence-electron chi connectivity index (χ0n) is 10.9. The molecule has 4 nitrogen and oxygen atoms in total. The van der Waals surface area contributed by atoms with Crippen LogP contribution in [0.15, 0.2) is 42.9 Å². The van der Waals surface area contributed by atoms with Gasteiger partial charge in [0.2, 0.25) is 5.88 Å². The van der Waals surface area contributed by atoms with Gasteiger partial charge in [0.05, 0.1) is 6.61 Å². The molecule has 0 saturated heterocycles. The number of ether oxygens (including phenoxy) is 1. The van der Waals surface area contributed by atoms with Gasteiger partial charge in [-0.3, -0.25) is 9.78 Å². The van der Waals surface area contributed by atoms with Crippen LogP contribution in [0.2, 0.25) is 0 Å². The second kappa shape index (κ2) is 6.64. The van der Waals surface area contributed by atoms with Crippen LogP contribution >= 0.6 is 0 Å². The van der Waals surface area contributed by atoms with Crippen LogP contribution in [0.4, 0.5) is 0 Å². The molecule has 2 aromatic heterocycles. The minimum absolute atomic E-state index is 0.0109. The van der Waals surface area contributed by atoms with Crippen molar-refractivity contribution in [2.24, 2.45) is 0 Å². The van der Waals surface area contributed by atoms with Crippen molar-refractivity contribution in [1.82, 2.24) is 9.97 Å². The summed E-state index contributed by atoms with van der Waals surface area (Å²) in [6.07, 6.45) is 6.99. The number of aromatic nitrogens is 2. The third-order valence-corrected chi connectivity index (χ3v) is 2.75. The Balaban J connectivity index is 1.75. The molecule has 0 atom stereocenters. The van der Waals surface area contributed by atoms with Crippen LogP contribution in [0.3, 0.4) is 0 Å². The maximum absolute atomic E-state index is 11.1. The van der Waals surface area contributed by atoms with Crippen molar-refractivity contribution in [3.8, 4) is 5.88 Å². The molecule has 0 bridgehead atoms. The van der Waals surface area contributed by atoms with Gasteiger partial charge < -0.3 is 4.74 Å². The molecule has 0 N–H and O–H groups in total. The molecule has 19 heavy (non-hydrogen) atoms. The van der Waals surface area contributed by atoms with Crippen molar-refractivity contribution >= 4 is 5.78 Å². The van der Waals surface area contributed by atoms with Crippen LogP contribution in [-0.4, -0.2) is 22.4 Å². The Morgan fingerprint density at radius 3 is 2.63 bits per heavy atom. The van der Waals surface area contributed by atoms with Crippen LogP contribution in [0, 0.1) is 0 Å². The van der Waals surface area contributed by atoms with Crippen LogP contribution < -0.4 is 4.74 Å². The van der Waals surface area contributed by atoms with Gasteiger partial charge in [-0.1, -0.05) is 0 Å². The van der Waals surface area contributed by atoms with E-state index in [4.69, 9.17) is 4.74 Å². The first-order chi connectivity index (χ1) is 9.25. The Labute approximate surface area is 112 Å². The Morgan fingerprint density at radius 1 is 1.21 bits per heavy atom. The monoisotopic (exact) mass is 256 g/mol. The number of hydrogen-bond acceptors (Lipinski definition) is 4. The maximum atomic E-state index is 11.1. The number of ketones is 1. The normalized spacial score (nSPS) is 10.2. The minimum Gasteiger partial charge on any atom is -0.478 e. The van der Waals surface area contributed by atoms with Crippen molar-refractivity contribution in [2.45, 2.75) is 19.8 Å². The van der Waals surface area contributed by atoms with Gasteiger partial charge in [0, 0.05) is 30.2 Å². The standard InChI is InChI=1S/C15H16N2O2/c1-12(18)14-4-5-15(17-11-14)19-10-2-3-13-6-8-16-9-7-13/h4-9,11H,2-3,10H2,1H3. The summed E-state index contributed by atoms with van der Waals surface area (Å²) >= 11 is 0. The van der Waals surface area contributed by atoms with E-state index in [0.29, 0.717) is 18.1 Å². The molecule has 0 amide bonds. The zero-order valence-corrected chi connectivity index (χ0v) is 10.9. The van der Waals surface area contributed by atoms with E-state index < -0.39 is 0 Å². The average Bonchev–Trinajstić information content (AvgIpc) is 2.45. The SMILES string of the molecule is CC(=O)c1ccc(OCCCc2ccncc2)nc1. The highest BCUT2D eigenvalue weighted by atomic mass is 16.5. The summed E-state index contributed by atoms with van der Waals surface area (Å²) in [6.45, 7) is 2.13. The lowest BCUT2D eigenvalue weighted by atomic mass is 10.1. The lowest BCUT2D eigenvalue weighted by Gasteiger charge is -2.05. The van der Waals surface area contributed by atoms with Crippen LogP contribution in [-0.2, 0) is 6.42 Å². The lowest BCUT2D eigenvalue weighted by molar-refractivity contribution is 0.101. The average molecular weight is 256 g/mol. The van der Waals surface area contributed by atoms with Gasteiger partial charge in [-0.25, -0.2) is 4.98 Å². The fraction of sp³-hybridized carbons (Fsp3) is 0.267. The summed E-state index contributed by atoms with van der Waals surface area (Å²) < 4.78 is 5.52. The summed E-state index contributed by atoms with van der Waals surface area (Å²) in [6, 6.07) is 7.45. The van der Waals surface area contributed by atoms with Crippen molar-refractivity contribution < 1.29 is 9.53 Å². The summed E-state index contributed by atoms with van der Waals surface area (Å²) in [4.78, 5) is 19.2. The Morgan fingerprint density at radius 2 is 2.00 bits per heavy atom. The number of Topliss-reactive ketones (excluding diaryl/α,β-unsaturated/α-hetero) is 1. The molecule has 0 saturated carbocycles. The number of pyridine rings is 2. The number of nitrogens with zero attached hydrogens (tertiary/aromatic N) is 2. The summed E-state index contributed by atoms with van der Waals surface area (Å²) in [7, 11) is 0. The molecule has 0 spiro atoms. The topological polar surface area (TPSA) is 52.1 Å². The van der Waals surface area contributed by atoms with Crippen molar-refractivity contribution in [2.75, 3.05) is 6.61 Å². The van der Waals surface area contributed by atoms with Crippen molar-refractivity contribution in [3.63, 3.8) is 0 Å². The summed E-state index contributed by atoms with van der Waals surface area (Å²) in [5, 5.41) is 0. The van der Waals surface area contributed by atoms with Gasteiger partial charge in [0.1, 0.15) is 0 Å². The third-order valence-electron chi connectivity index (χ3n) is 2.75. The van der Waals surface area contributed by atoms with E-state index in [9.17, 15) is 4.79 Å². The number of rotatable bonds is 6. The van der Waals surface area contributed by atoms with Gasteiger partial charge in [-0.2, -0.15) is 0 Å². The Bertz CT molecular complexity index is 524. The van der Waals surface area contributed by atoms with E-state index in [1.807, 2.05) is 12.1 Å². The predicted octanol–water partition coefficient (Wildman–Crippen LogP) is 2.69. The second-order valence-corrected chi connectivity index (χ2v) is 4.25. The van der Waals surface area contributed by atoms with Gasteiger partial charge in [0.25, 0.3) is 0 Å². The summed E-state index contributed by atoms with van der Waals surface area (Å²) in [5.74, 6) is 0.566. The first kappa shape index (κ1) is 13.2. The van der Waals surface area contributed by atoms with E-state index in [-0.39, 0.29) is 5.78 Å². The fourth-order valence-corrected chi connectivity index (χ4v) is 1.68. The first-order valence-corrected chi connectivity index (χ1v) is 6.24. The molecule has 0 aromatic carbocycles. The third kappa shape index (κ3) is 4.17. The number of aryl methyl sites for hydroxylation is 1. The van der Waals surface area contributed by atoms with E-state index in [0.717, 1.165) is 12.8 Å². The fourth-order valence-electron chi connectivity index (χ4n) is 1.68. The molecule has 0 aliphatic carbocycles. The molecule has 2 heterocycles. The van der Waals surface area contributed by atoms with Gasteiger partial charge in [0.15, 0.2) is 5.78 Å². The molecule has 0 aliphatic heterocycles. The van der Waals surface area contributed by atoms with E-state index in [2.05, 4.69) is 9.97 Å². The quantitative estimate of drug-likeness (QED) is 0.589. The molecule has 2 aromatic rings. The Hall–Kier alpha value is -2.23. The molecule has 98 valence electrons. The largest absolute Gasteiger partial charge is 0.478 e. The predicted molar refractivity (Wildman–Crippen MR) is 72.3 cm³/mol. The molecular weight excluding hydrogens is 240 g/mol. The number of hydrogen-bond donors (Lipinski definition) is 0. The number of carbonyl (C=O) groups is 1. The van der Waals surface area contributed by atoms with Crippen LogP contribution in [0.25, 0.3) is 0 Å². The zero-order chi connectivity index (χ0) is 13.5. The highest BCUT2D eigenvalue weighted by Gasteiger charge is 2.01. The van der Waals surface area contributed by atoms with Crippen molar-refractivity contribution in [1.29, 1.82) is 0 Å². The Kier molecular flexibility index (Phi) is 4.61. The minimum atomic E-state index is 0.0109. The van der Waals surface area contributed by atoms with Gasteiger partial charge >= 0.3 is 0 Å². The second-order valence-electron chi connectivity index (χ2n) is 4.25. The molecular formula is C15H16N2O2. The molecule has 0 fully saturated rings. The van der Waals surface area contributed by atoms with Crippen molar-refractivity contribution in [3.05, 3.63) is 54.0 Å². The van der Waals surface area contributed by atoms with E-state index in [1.54, 1.807) is 30.7 Å². The van der Waals surface area contributed by atoms with Crippen LogP contribution in [0.1, 0.15) is 29.3 Å². The molecule has 4 heteroatoms. The highest BCUT2D eigenvalue weighted by Crippen LogP contribution is 2.09. The molecule has 0 radical (unpaired) electrons. The molecule has 0 unspecified atom stereocenters.